The Bertz CT molecular complexity index is 1070. The van der Waals surface area contributed by atoms with Crippen molar-refractivity contribution < 1.29 is 23.8 Å². The number of carbonyl (C=O) groups excluding carboxylic acids is 2. The van der Waals surface area contributed by atoms with Crippen molar-refractivity contribution in [3.8, 4) is 17.2 Å². The molecule has 2 aliphatic rings. The summed E-state index contributed by atoms with van der Waals surface area (Å²) in [5.41, 5.74) is 1.34. The van der Waals surface area contributed by atoms with Gasteiger partial charge >= 0.3 is 0 Å². The summed E-state index contributed by atoms with van der Waals surface area (Å²) in [6, 6.07) is 12.7. The molecule has 35 heavy (non-hydrogen) atoms. The summed E-state index contributed by atoms with van der Waals surface area (Å²) in [5, 5.41) is 2.94. The second-order valence-electron chi connectivity index (χ2n) is 8.31. The highest BCUT2D eigenvalue weighted by atomic mass is 32.2. The Morgan fingerprint density at radius 3 is 2.69 bits per heavy atom. The van der Waals surface area contributed by atoms with E-state index >= 15 is 0 Å². The Kier molecular flexibility index (Phi) is 8.52. The number of hydrogen-bond acceptors (Lipinski definition) is 7. The minimum absolute atomic E-state index is 0.0653. The molecule has 0 unspecified atom stereocenters. The van der Waals surface area contributed by atoms with Gasteiger partial charge in [0.15, 0.2) is 16.7 Å². The van der Waals surface area contributed by atoms with E-state index in [2.05, 4.69) is 17.2 Å². The van der Waals surface area contributed by atoms with Crippen molar-refractivity contribution in [2.24, 2.45) is 4.99 Å². The lowest BCUT2D eigenvalue weighted by Gasteiger charge is -2.13. The van der Waals surface area contributed by atoms with Crippen molar-refractivity contribution >= 4 is 40.1 Å². The molecule has 1 saturated heterocycles. The molecular weight excluding hydrogens is 466 g/mol. The first kappa shape index (κ1) is 24.9. The van der Waals surface area contributed by atoms with Gasteiger partial charge in [-0.3, -0.25) is 14.5 Å². The molecule has 1 fully saturated rings. The monoisotopic (exact) mass is 497 g/mol. The van der Waals surface area contributed by atoms with Crippen molar-refractivity contribution in [2.75, 3.05) is 25.3 Å². The van der Waals surface area contributed by atoms with Gasteiger partial charge < -0.3 is 19.5 Å². The minimum Gasteiger partial charge on any atom is -0.494 e. The first-order chi connectivity index (χ1) is 17.1. The number of carbonyl (C=O) groups is 2. The Balaban J connectivity index is 1.31. The van der Waals surface area contributed by atoms with E-state index in [1.54, 1.807) is 17.0 Å². The van der Waals surface area contributed by atoms with Crippen LogP contribution in [0.4, 0.5) is 11.4 Å². The van der Waals surface area contributed by atoms with E-state index in [0.29, 0.717) is 41.2 Å². The molecule has 2 amide bonds. The number of benzene rings is 2. The predicted molar refractivity (Wildman–Crippen MR) is 138 cm³/mol. The number of aliphatic imine (C=N–C) groups is 1. The average Bonchev–Trinajstić information content (AvgIpc) is 3.43. The van der Waals surface area contributed by atoms with Crippen LogP contribution in [0.3, 0.4) is 0 Å². The summed E-state index contributed by atoms with van der Waals surface area (Å²) in [6.07, 6.45) is 4.69. The zero-order valence-electron chi connectivity index (χ0n) is 20.1. The third kappa shape index (κ3) is 6.48. The number of amides is 2. The number of rotatable bonds is 11. The summed E-state index contributed by atoms with van der Waals surface area (Å²) >= 11 is 1.31. The van der Waals surface area contributed by atoms with Crippen LogP contribution in [0.2, 0.25) is 0 Å². The number of unbranched alkanes of at least 4 members (excludes halogenated alkanes) is 3. The van der Waals surface area contributed by atoms with E-state index in [0.717, 1.165) is 12.2 Å². The highest BCUT2D eigenvalue weighted by molar-refractivity contribution is 8.15. The number of fused-ring (bicyclic) bond motifs is 1. The summed E-state index contributed by atoms with van der Waals surface area (Å²) in [6.45, 7) is 5.44. The Hall–Kier alpha value is -3.20. The number of anilines is 1. The van der Waals surface area contributed by atoms with Gasteiger partial charge in [-0.2, -0.15) is 0 Å². The SMILES string of the molecule is CCCCCCOc1ccc(NC(=O)C[C@H]2SC(=Nc3ccc4c(c3)OCO4)N(CC)C2=O)cc1. The largest absolute Gasteiger partial charge is 0.494 e. The number of ether oxygens (including phenoxy) is 3. The van der Waals surface area contributed by atoms with Gasteiger partial charge in [0.2, 0.25) is 18.6 Å². The Morgan fingerprint density at radius 2 is 1.91 bits per heavy atom. The van der Waals surface area contributed by atoms with Crippen LogP contribution in [0.1, 0.15) is 46.0 Å². The maximum Gasteiger partial charge on any atom is 0.242 e. The molecule has 0 aromatic heterocycles. The zero-order valence-corrected chi connectivity index (χ0v) is 20.9. The number of thioether (sulfide) groups is 1. The van der Waals surface area contributed by atoms with Crippen LogP contribution < -0.4 is 19.5 Å². The Labute approximate surface area is 210 Å². The molecule has 0 bridgehead atoms. The van der Waals surface area contributed by atoms with E-state index in [9.17, 15) is 9.59 Å². The molecule has 8 nitrogen and oxygen atoms in total. The molecule has 1 atom stereocenters. The number of amidine groups is 1. The second-order valence-corrected chi connectivity index (χ2v) is 9.48. The third-order valence-electron chi connectivity index (χ3n) is 5.69. The van der Waals surface area contributed by atoms with E-state index in [1.807, 2.05) is 37.3 Å². The minimum atomic E-state index is -0.520. The summed E-state index contributed by atoms with van der Waals surface area (Å²) in [5.74, 6) is 1.76. The van der Waals surface area contributed by atoms with Crippen molar-refractivity contribution in [3.63, 3.8) is 0 Å². The summed E-state index contributed by atoms with van der Waals surface area (Å²) in [7, 11) is 0. The van der Waals surface area contributed by atoms with Crippen molar-refractivity contribution in [3.05, 3.63) is 42.5 Å². The quantitative estimate of drug-likeness (QED) is 0.421. The smallest absolute Gasteiger partial charge is 0.242 e. The molecule has 0 aliphatic carbocycles. The van der Waals surface area contributed by atoms with Crippen LogP contribution in [-0.4, -0.2) is 47.1 Å². The zero-order chi connectivity index (χ0) is 24.6. The van der Waals surface area contributed by atoms with Gasteiger partial charge in [0.1, 0.15) is 11.0 Å². The van der Waals surface area contributed by atoms with Gasteiger partial charge in [-0.15, -0.1) is 0 Å². The van der Waals surface area contributed by atoms with Crippen LogP contribution >= 0.6 is 11.8 Å². The van der Waals surface area contributed by atoms with Crippen LogP contribution in [0, 0.1) is 0 Å². The number of hydrogen-bond donors (Lipinski definition) is 1. The lowest BCUT2D eigenvalue weighted by atomic mass is 10.2. The first-order valence-electron chi connectivity index (χ1n) is 12.1. The molecule has 0 spiro atoms. The number of nitrogens with zero attached hydrogens (tertiary/aromatic N) is 2. The molecule has 2 heterocycles. The first-order valence-corrected chi connectivity index (χ1v) is 12.9. The molecule has 0 saturated carbocycles. The average molecular weight is 498 g/mol. The third-order valence-corrected chi connectivity index (χ3v) is 6.87. The molecule has 186 valence electrons. The maximum atomic E-state index is 12.9. The molecule has 2 aromatic carbocycles. The fourth-order valence-electron chi connectivity index (χ4n) is 3.82. The molecule has 9 heteroatoms. The fourth-order valence-corrected chi connectivity index (χ4v) is 5.04. The van der Waals surface area contributed by atoms with Gasteiger partial charge in [0.25, 0.3) is 0 Å². The normalized spacial score (nSPS) is 17.8. The molecule has 2 aromatic rings. The number of nitrogens with one attached hydrogen (secondary N) is 1. The van der Waals surface area contributed by atoms with Crippen molar-refractivity contribution in [1.82, 2.24) is 4.90 Å². The summed E-state index contributed by atoms with van der Waals surface area (Å²) in [4.78, 5) is 31.8. The van der Waals surface area contributed by atoms with Gasteiger partial charge in [-0.25, -0.2) is 4.99 Å². The van der Waals surface area contributed by atoms with Gasteiger partial charge in [-0.05, 0) is 49.7 Å². The lowest BCUT2D eigenvalue weighted by Crippen LogP contribution is -2.33. The molecular formula is C26H31N3O5S. The predicted octanol–water partition coefficient (Wildman–Crippen LogP) is 5.35. The molecule has 4 rings (SSSR count). The van der Waals surface area contributed by atoms with Crippen LogP contribution in [0.25, 0.3) is 0 Å². The topological polar surface area (TPSA) is 89.5 Å². The standard InChI is InChI=1S/C26H31N3O5S/c1-3-5-6-7-14-32-20-11-8-18(9-12-20)27-24(30)16-23-25(31)29(4-2)26(35-23)28-19-10-13-21-22(15-19)34-17-33-21/h8-13,15,23H,3-7,14,16-17H2,1-2H3,(H,27,30)/t23-/m1/s1. The molecule has 2 aliphatic heterocycles. The highest BCUT2D eigenvalue weighted by Gasteiger charge is 2.38. The molecule has 0 radical (unpaired) electrons. The van der Waals surface area contributed by atoms with Gasteiger partial charge in [-0.1, -0.05) is 37.9 Å². The Morgan fingerprint density at radius 1 is 1.11 bits per heavy atom. The van der Waals surface area contributed by atoms with E-state index in [4.69, 9.17) is 14.2 Å². The highest BCUT2D eigenvalue weighted by Crippen LogP contribution is 2.37. The summed E-state index contributed by atoms with van der Waals surface area (Å²) < 4.78 is 16.5. The van der Waals surface area contributed by atoms with Crippen molar-refractivity contribution in [1.29, 1.82) is 0 Å². The lowest BCUT2D eigenvalue weighted by molar-refractivity contribution is -0.128. The van der Waals surface area contributed by atoms with Gasteiger partial charge in [0.05, 0.1) is 12.3 Å². The second kappa shape index (κ2) is 12.0. The van der Waals surface area contributed by atoms with E-state index < -0.39 is 5.25 Å². The maximum absolute atomic E-state index is 12.9. The van der Waals surface area contributed by atoms with Crippen LogP contribution in [0.15, 0.2) is 47.5 Å². The van der Waals surface area contributed by atoms with Crippen LogP contribution in [-0.2, 0) is 9.59 Å². The van der Waals surface area contributed by atoms with Gasteiger partial charge in [0, 0.05) is 24.7 Å². The van der Waals surface area contributed by atoms with Crippen molar-refractivity contribution in [2.45, 2.75) is 51.2 Å². The molecule has 1 N–H and O–H groups in total. The fraction of sp³-hybridized carbons (Fsp3) is 0.423. The van der Waals surface area contributed by atoms with E-state index in [1.165, 1.54) is 31.0 Å². The van der Waals surface area contributed by atoms with E-state index in [-0.39, 0.29) is 25.0 Å². The van der Waals surface area contributed by atoms with Crippen LogP contribution in [0.5, 0.6) is 17.2 Å².